The second-order valence-corrected chi connectivity index (χ2v) is 12.9. The van der Waals surface area contributed by atoms with Crippen LogP contribution in [0.1, 0.15) is 11.1 Å². The van der Waals surface area contributed by atoms with Crippen molar-refractivity contribution in [2.75, 3.05) is 0 Å². The van der Waals surface area contributed by atoms with Gasteiger partial charge in [0, 0.05) is 37.9 Å². The fourth-order valence-corrected chi connectivity index (χ4v) is 8.08. The average molecular weight is 675 g/mol. The van der Waals surface area contributed by atoms with Crippen LogP contribution in [0.3, 0.4) is 0 Å². The Labute approximate surface area is 302 Å². The zero-order valence-electron chi connectivity index (χ0n) is 27.8. The second kappa shape index (κ2) is 11.2. The topological polar surface area (TPSA) is 79.3 Å². The normalized spacial score (nSPS) is 11.3. The molecule has 7 nitrogen and oxygen atoms in total. The third-order valence-corrected chi connectivity index (χ3v) is 10.2. The summed E-state index contributed by atoms with van der Waals surface area (Å²) in [6.45, 7) is 16.8. The Kier molecular flexibility index (Phi) is 6.30. The van der Waals surface area contributed by atoms with Crippen molar-refractivity contribution in [3.63, 3.8) is 0 Å². The van der Waals surface area contributed by atoms with Gasteiger partial charge in [0.25, 0.3) is 0 Å². The Bertz CT molecular complexity index is 3310. The van der Waals surface area contributed by atoms with Gasteiger partial charge in [0.15, 0.2) is 0 Å². The number of benzene rings is 7. The van der Waals surface area contributed by atoms with Gasteiger partial charge >= 0.3 is 0 Å². The van der Waals surface area contributed by atoms with Gasteiger partial charge < -0.3 is 13.6 Å². The molecule has 0 aliphatic carbocycles. The maximum Gasteiger partial charge on any atom is 0.200 e. The molecule has 10 rings (SSSR count). The molecule has 0 spiro atoms. The summed E-state index contributed by atoms with van der Waals surface area (Å²) in [6.07, 6.45) is 0. The predicted molar refractivity (Wildman–Crippen MR) is 210 cm³/mol. The summed E-state index contributed by atoms with van der Waals surface area (Å²) in [5.74, 6) is 0. The minimum atomic E-state index is 0.278. The van der Waals surface area contributed by atoms with E-state index in [1.165, 1.54) is 0 Å². The van der Waals surface area contributed by atoms with E-state index in [4.69, 9.17) is 17.6 Å². The molecule has 0 radical (unpaired) electrons. The molecule has 7 heteroatoms. The highest BCUT2D eigenvalue weighted by molar-refractivity contribution is 6.27. The summed E-state index contributed by atoms with van der Waals surface area (Å²) < 4.78 is 10.3. The highest BCUT2D eigenvalue weighted by Crippen LogP contribution is 2.47. The third kappa shape index (κ3) is 4.11. The lowest BCUT2D eigenvalue weighted by Gasteiger charge is -2.19. The standard InChI is InChI=1S/C46H22N6O/c1-49-35-23-28(24-36(50-2)46(35)51-37-15-7-3-11-30(37)31-12-4-8-16-38(31)51)34-22-27(25-47)21-29(26-48)45(34)52-39-17-9-5-13-32(39)43-40(52)19-20-42-44(43)33-14-6-10-18-41(33)53-42/h3-24H. The van der Waals surface area contributed by atoms with Crippen molar-refractivity contribution >= 4 is 76.9 Å². The number of para-hydroxylation sites is 4. The van der Waals surface area contributed by atoms with Gasteiger partial charge in [-0.1, -0.05) is 72.8 Å². The number of furan rings is 1. The van der Waals surface area contributed by atoms with Crippen LogP contribution in [0.5, 0.6) is 0 Å². The molecule has 0 saturated carbocycles. The van der Waals surface area contributed by atoms with Crippen molar-refractivity contribution in [3.05, 3.63) is 167 Å². The molecule has 0 atom stereocenters. The van der Waals surface area contributed by atoms with E-state index in [9.17, 15) is 10.5 Å². The number of nitriles is 2. The Morgan fingerprint density at radius 1 is 0.509 bits per heavy atom. The van der Waals surface area contributed by atoms with E-state index in [-0.39, 0.29) is 11.4 Å². The molecular weight excluding hydrogens is 653 g/mol. The van der Waals surface area contributed by atoms with E-state index >= 15 is 0 Å². The molecule has 53 heavy (non-hydrogen) atoms. The van der Waals surface area contributed by atoms with E-state index in [0.717, 1.165) is 65.6 Å². The summed E-state index contributed by atoms with van der Waals surface area (Å²) in [5.41, 5.74) is 8.33. The van der Waals surface area contributed by atoms with Gasteiger partial charge in [-0.15, -0.1) is 0 Å². The molecule has 0 aliphatic heterocycles. The summed E-state index contributed by atoms with van der Waals surface area (Å²) in [7, 11) is 0. The molecule has 242 valence electrons. The second-order valence-electron chi connectivity index (χ2n) is 12.9. The summed E-state index contributed by atoms with van der Waals surface area (Å²) >= 11 is 0. The van der Waals surface area contributed by atoms with Gasteiger partial charge in [0.1, 0.15) is 17.2 Å². The van der Waals surface area contributed by atoms with Crippen LogP contribution < -0.4 is 0 Å². The number of fused-ring (bicyclic) bond motifs is 10. The van der Waals surface area contributed by atoms with Crippen LogP contribution in [0.2, 0.25) is 0 Å². The molecule has 0 bridgehead atoms. The van der Waals surface area contributed by atoms with Crippen molar-refractivity contribution in [1.29, 1.82) is 10.5 Å². The van der Waals surface area contributed by atoms with E-state index in [2.05, 4.69) is 38.5 Å². The van der Waals surface area contributed by atoms with Crippen molar-refractivity contribution < 1.29 is 4.42 Å². The largest absolute Gasteiger partial charge is 0.456 e. The first-order valence-electron chi connectivity index (χ1n) is 16.9. The highest BCUT2D eigenvalue weighted by Gasteiger charge is 2.25. The minimum absolute atomic E-state index is 0.278. The van der Waals surface area contributed by atoms with Crippen LogP contribution in [0.4, 0.5) is 11.4 Å². The number of rotatable bonds is 3. The van der Waals surface area contributed by atoms with Gasteiger partial charge in [-0.2, -0.15) is 10.5 Å². The van der Waals surface area contributed by atoms with Crippen LogP contribution in [0.25, 0.3) is 97.7 Å². The maximum atomic E-state index is 10.7. The molecular formula is C46H22N6O. The quantitative estimate of drug-likeness (QED) is 0.175. The number of hydrogen-bond donors (Lipinski definition) is 0. The van der Waals surface area contributed by atoms with E-state index < -0.39 is 0 Å². The predicted octanol–water partition coefficient (Wildman–Crippen LogP) is 12.3. The zero-order chi connectivity index (χ0) is 35.8. The molecule has 0 fully saturated rings. The van der Waals surface area contributed by atoms with Crippen LogP contribution in [0.15, 0.2) is 138 Å². The SMILES string of the molecule is [C-]#[N+]c1cc(-c2cc(C#N)cc(C#N)c2-n2c3ccccc3c3c4c(ccc32)oc2ccccc24)cc([N+]#[C-])c1-n1c2ccccc2c2ccccc21. The average Bonchev–Trinajstić information content (AvgIpc) is 3.87. The van der Waals surface area contributed by atoms with Crippen molar-refractivity contribution in [2.45, 2.75) is 0 Å². The molecule has 0 amide bonds. The Hall–Kier alpha value is -8.10. The van der Waals surface area contributed by atoms with Crippen LogP contribution in [-0.2, 0) is 0 Å². The van der Waals surface area contributed by atoms with E-state index in [1.807, 2.05) is 102 Å². The summed E-state index contributed by atoms with van der Waals surface area (Å²) in [4.78, 5) is 8.02. The lowest BCUT2D eigenvalue weighted by Crippen LogP contribution is -2.02. The molecule has 0 saturated heterocycles. The summed E-state index contributed by atoms with van der Waals surface area (Å²) in [6, 6.07) is 47.5. The summed E-state index contributed by atoms with van der Waals surface area (Å²) in [5, 5.41) is 26.9. The smallest absolute Gasteiger partial charge is 0.200 e. The molecule has 0 unspecified atom stereocenters. The van der Waals surface area contributed by atoms with Gasteiger partial charge in [0.2, 0.25) is 11.4 Å². The minimum Gasteiger partial charge on any atom is -0.456 e. The zero-order valence-corrected chi connectivity index (χ0v) is 27.8. The molecule has 0 N–H and O–H groups in total. The molecule has 3 aromatic heterocycles. The van der Waals surface area contributed by atoms with Crippen molar-refractivity contribution in [2.24, 2.45) is 0 Å². The maximum absolute atomic E-state index is 10.7. The first-order chi connectivity index (χ1) is 26.1. The van der Waals surface area contributed by atoms with Gasteiger partial charge in [-0.25, -0.2) is 9.69 Å². The number of nitrogens with zero attached hydrogens (tertiary/aromatic N) is 6. The molecule has 0 aliphatic rings. The molecule has 10 aromatic rings. The third-order valence-electron chi connectivity index (χ3n) is 10.2. The van der Waals surface area contributed by atoms with E-state index in [1.54, 1.807) is 24.3 Å². The first-order valence-corrected chi connectivity index (χ1v) is 16.9. The molecule has 3 heterocycles. The van der Waals surface area contributed by atoms with Gasteiger partial charge in [-0.3, -0.25) is 0 Å². The number of hydrogen-bond acceptors (Lipinski definition) is 3. The fourth-order valence-electron chi connectivity index (χ4n) is 8.08. The lowest BCUT2D eigenvalue weighted by atomic mass is 9.95. The van der Waals surface area contributed by atoms with Crippen LogP contribution >= 0.6 is 0 Å². The monoisotopic (exact) mass is 674 g/mol. The molecule has 7 aromatic carbocycles. The van der Waals surface area contributed by atoms with Crippen molar-refractivity contribution in [1.82, 2.24) is 9.13 Å². The Balaban J connectivity index is 1.32. The van der Waals surface area contributed by atoms with E-state index in [0.29, 0.717) is 33.6 Å². The van der Waals surface area contributed by atoms with Crippen LogP contribution in [0, 0.1) is 35.8 Å². The Morgan fingerprint density at radius 2 is 1.08 bits per heavy atom. The fraction of sp³-hybridized carbons (Fsp3) is 0. The lowest BCUT2D eigenvalue weighted by molar-refractivity contribution is 0.669. The van der Waals surface area contributed by atoms with Gasteiger partial charge in [0.05, 0.1) is 63.8 Å². The Morgan fingerprint density at radius 3 is 1.70 bits per heavy atom. The van der Waals surface area contributed by atoms with Gasteiger partial charge in [-0.05, 0) is 66.2 Å². The van der Waals surface area contributed by atoms with Crippen LogP contribution in [-0.4, -0.2) is 9.13 Å². The number of aromatic nitrogens is 2. The highest BCUT2D eigenvalue weighted by atomic mass is 16.3. The van der Waals surface area contributed by atoms with Crippen molar-refractivity contribution in [3.8, 4) is 34.6 Å². The first kappa shape index (κ1) is 29.8.